The molecule has 2 aromatic heterocycles. The summed E-state index contributed by atoms with van der Waals surface area (Å²) < 4.78 is 48.3. The summed E-state index contributed by atoms with van der Waals surface area (Å²) in [5, 5.41) is 32.3. The molecule has 0 bridgehead atoms. The van der Waals surface area contributed by atoms with Crippen LogP contribution in [0.2, 0.25) is 30.1 Å². The fourth-order valence-electron chi connectivity index (χ4n) is 8.98. The second kappa shape index (κ2) is 81.1. The SMILES string of the molecule is BrP(Br)Br.C.C.CCN(CC)Cc1ccc(Cl)c(C(=O)OC)c1.CCN(CC)Cc1ccc(Cl)c(CO)c1.CCN(CC)Cc1ccc(Cl)c(CSc2nc(C)cc(=O)[nH]2)c1.CCNCC.CO.COC(=O)c1cc(C)ccc1Cl.COC(=O)c1cc(CBr)ccc1Cl.Cc1cc(=O)[nH]c(=S)[nH]1.Cc1ccc(Cl)c(C(=O)O)c1.ClCCl.O=S(=O)(O)O.[B]=NS. The zero-order valence-corrected chi connectivity index (χ0v) is 87.0. The van der Waals surface area contributed by atoms with Gasteiger partial charge in [-0.25, -0.2) is 24.2 Å². The van der Waals surface area contributed by atoms with E-state index in [1.807, 2.05) is 63.2 Å². The van der Waals surface area contributed by atoms with Crippen molar-refractivity contribution in [3.63, 3.8) is 0 Å². The third kappa shape index (κ3) is 67.3. The number of H-pyrrole nitrogens is 3. The predicted octanol–water partition coefficient (Wildman–Crippen LogP) is 23.9. The van der Waals surface area contributed by atoms with Gasteiger partial charge in [0.25, 0.3) is 11.1 Å². The Hall–Kier alpha value is -3.96. The molecule has 8 aromatic rings. The van der Waals surface area contributed by atoms with E-state index >= 15 is 0 Å². The van der Waals surface area contributed by atoms with Crippen LogP contribution in [0.3, 0.4) is 0 Å². The van der Waals surface area contributed by atoms with Crippen LogP contribution >= 0.6 is 196 Å². The molecule has 0 aliphatic rings. The number of thiol groups is 1. The van der Waals surface area contributed by atoms with Gasteiger partial charge < -0.3 is 44.8 Å². The molecule has 9 N–H and O–H groups in total. The molecule has 2 heterocycles. The minimum absolute atomic E-state index is 0. The van der Waals surface area contributed by atoms with Gasteiger partial charge in [-0.15, -0.1) is 23.2 Å². The van der Waals surface area contributed by atoms with E-state index in [0.717, 1.165) is 129 Å². The van der Waals surface area contributed by atoms with Gasteiger partial charge in [0.05, 0.1) is 75.6 Å². The van der Waals surface area contributed by atoms with Gasteiger partial charge in [0.2, 0.25) is 0 Å². The van der Waals surface area contributed by atoms with Gasteiger partial charge in [0.1, 0.15) is 4.03 Å². The number of halogens is 12. The van der Waals surface area contributed by atoms with Crippen molar-refractivity contribution in [3.8, 4) is 0 Å². The summed E-state index contributed by atoms with van der Waals surface area (Å²) in [6, 6.07) is 35.8. The van der Waals surface area contributed by atoms with E-state index in [1.54, 1.807) is 61.5 Å². The van der Waals surface area contributed by atoms with E-state index in [-0.39, 0.29) is 52.5 Å². The number of alkyl halides is 3. The molecule has 0 fully saturated rings. The molecule has 8 rings (SSSR count). The number of benzene rings is 6. The summed E-state index contributed by atoms with van der Waals surface area (Å²) in [6.45, 7) is 35.3. The van der Waals surface area contributed by atoms with Crippen molar-refractivity contribution in [2.45, 2.75) is 140 Å². The monoisotopic (exact) mass is 2240 g/mol. The van der Waals surface area contributed by atoms with Crippen LogP contribution in [-0.4, -0.2) is 185 Å². The first kappa shape index (κ1) is 133. The summed E-state index contributed by atoms with van der Waals surface area (Å²) in [6.07, 6.45) is 0. The normalized spacial score (nSPS) is 9.74. The number of aromatic nitrogens is 4. The van der Waals surface area contributed by atoms with Gasteiger partial charge in [0, 0.05) is 71.4 Å². The molecule has 0 spiro atoms. The maximum absolute atomic E-state index is 11.5. The Morgan fingerprint density at radius 1 is 0.556 bits per heavy atom. The Bertz CT molecular complexity index is 4580. The fraction of sp³-hybridized carbons (Fsp3) is 0.407. The zero-order chi connectivity index (χ0) is 94.8. The van der Waals surface area contributed by atoms with E-state index in [9.17, 15) is 28.8 Å². The molecule has 1 radical (unpaired) electrons. The first-order valence-electron chi connectivity index (χ1n) is 36.2. The number of ether oxygens (including phenoxy) is 3. The zero-order valence-electron chi connectivity index (χ0n) is 70.3. The Balaban J connectivity index is -0.000000250. The van der Waals surface area contributed by atoms with Crippen molar-refractivity contribution in [2.24, 2.45) is 4.30 Å². The third-order valence-corrected chi connectivity index (χ3v) is 18.6. The second-order valence-corrected chi connectivity index (χ2v) is 45.1. The van der Waals surface area contributed by atoms with Crippen LogP contribution in [0.15, 0.2) is 140 Å². The summed E-state index contributed by atoms with van der Waals surface area (Å²) in [4.78, 5) is 85.5. The van der Waals surface area contributed by atoms with Gasteiger partial charge in [-0.2, -0.15) is 8.42 Å². The molecule has 25 nitrogen and oxygen atoms in total. The molecule has 697 valence electrons. The number of hydrogen-bond acceptors (Lipinski definition) is 22. The van der Waals surface area contributed by atoms with Crippen molar-refractivity contribution >= 4 is 238 Å². The minimum atomic E-state index is -4.67. The van der Waals surface area contributed by atoms with Gasteiger partial charge in [-0.1, -0.05) is 227 Å². The molecule has 0 atom stereocenters. The molecular formula is C81H116BBr4Cl8N9O16PS4. The number of aromatic amines is 3. The Morgan fingerprint density at radius 3 is 1.17 bits per heavy atom. The number of thioether (sulfide) groups is 1. The predicted molar refractivity (Wildman–Crippen MR) is 541 cm³/mol. The summed E-state index contributed by atoms with van der Waals surface area (Å²) >= 11 is 67.1. The summed E-state index contributed by atoms with van der Waals surface area (Å²) in [7, 11) is 4.69. The summed E-state index contributed by atoms with van der Waals surface area (Å²) in [5.74, 6) is -1.51. The number of rotatable bonds is 23. The number of carboxylic acid groups (broad SMARTS) is 1. The topological polar surface area (TPSA) is 360 Å². The van der Waals surface area contributed by atoms with Crippen LogP contribution in [-0.2, 0) is 61.9 Å². The number of carboxylic acids is 1. The van der Waals surface area contributed by atoms with Crippen molar-refractivity contribution in [2.75, 3.05) is 86.1 Å². The van der Waals surface area contributed by atoms with E-state index in [0.29, 0.717) is 57.8 Å². The van der Waals surface area contributed by atoms with Crippen molar-refractivity contribution < 1.29 is 66.2 Å². The van der Waals surface area contributed by atoms with Crippen LogP contribution < -0.4 is 16.4 Å². The van der Waals surface area contributed by atoms with E-state index < -0.39 is 34.3 Å². The summed E-state index contributed by atoms with van der Waals surface area (Å²) in [5.41, 5.74) is 10.9. The van der Waals surface area contributed by atoms with Crippen LogP contribution in [0.5, 0.6) is 0 Å². The molecule has 43 heteroatoms. The quantitative estimate of drug-likeness (QED) is 0.00272. The van der Waals surface area contributed by atoms with Gasteiger partial charge in [0.15, 0.2) is 9.93 Å². The van der Waals surface area contributed by atoms with Crippen LogP contribution in [0.4, 0.5) is 0 Å². The molecule has 124 heavy (non-hydrogen) atoms. The number of aliphatic hydroxyl groups is 2. The second-order valence-electron chi connectivity index (χ2n) is 23.5. The molecule has 0 aliphatic carbocycles. The average molecular weight is 2250 g/mol. The first-order chi connectivity index (χ1) is 57.4. The number of aromatic carboxylic acids is 1. The van der Waals surface area contributed by atoms with Crippen molar-refractivity contribution in [1.82, 2.24) is 40.0 Å². The molecule has 0 aliphatic heterocycles. The van der Waals surface area contributed by atoms with Gasteiger partial charge in [-0.3, -0.25) is 38.4 Å². The molecule has 0 saturated heterocycles. The van der Waals surface area contributed by atoms with Crippen LogP contribution in [0.1, 0.15) is 168 Å². The Morgan fingerprint density at radius 2 is 0.863 bits per heavy atom. The molecule has 0 saturated carbocycles. The van der Waals surface area contributed by atoms with Crippen molar-refractivity contribution in [1.29, 1.82) is 0 Å². The number of carbonyl (C=O) groups is 4. The van der Waals surface area contributed by atoms with E-state index in [2.05, 4.69) is 216 Å². The number of aryl methyl sites for hydroxylation is 4. The number of nitrogens with one attached hydrogen (secondary N) is 4. The number of carbonyl (C=O) groups excluding carboxylic acids is 3. The standard InChI is InChI=1S/C17H22ClN3OS.C13H18ClNO2.C12H18ClNO.C9H8BrClO2.C9H9ClO2.C8H7ClO2.C5H6N2OS.C4H11N.CH2Cl2.CH4O.2CH4.BHNS.Br3P.H2O4S/c1-4-21(5-2)10-13-6-7-15(18)14(9-13)11-23-17-19-12(3)8-16(22)20-17;1-4-15(5-2)9-10-6-7-12(14)11(8-10)13(16)17-3;1-3-14(4-2)8-10-5-6-12(13)11(7-10)9-15;1-13-9(12)7-4-6(5-10)2-3-8(7)11;1-6-3-4-8(10)7(5-6)9(11)12-2;1-5-2-3-7(9)6(4-5)8(10)11;1-3-2-4(8)7-5(9)6-3;1-3-5-4-2;2-1-3;1-2;;;1-2-3;1-4(2)3;1-5(2,3)4/h6-9H,4-5,10-11H2,1-3H3,(H,19,20,22);6-8H,4-5,9H2,1-3H3;5-7,15H,3-4,8-9H2,1-2H3;2-4H,5H2,1H3;3-5H,1-2H3;2-4H,1H3,(H,10,11);2H,1H3,(H2,6,7,8,9);5H,3-4H2,1-2H3;1H2;2H,1H3;2*1H4;3H;;(H2,1,2,3,4). The van der Waals surface area contributed by atoms with Crippen LogP contribution in [0, 0.1) is 32.5 Å². The average Bonchev–Trinajstić information content (AvgIpc) is 0.770. The first-order valence-corrected chi connectivity index (χ1v) is 51.3. The number of esters is 3. The fourth-order valence-corrected chi connectivity index (χ4v) is 11.7. The maximum atomic E-state index is 11.5. The number of methoxy groups -OCH3 is 3. The Kier molecular flexibility index (Phi) is 87.0. The van der Waals surface area contributed by atoms with Gasteiger partial charge in [-0.05, 0) is 233 Å². The van der Waals surface area contributed by atoms with E-state index in [4.69, 9.17) is 130 Å². The van der Waals surface area contributed by atoms with Crippen molar-refractivity contribution in [3.05, 3.63) is 255 Å². The number of hydrogen-bond donors (Lipinski definition) is 10. The molecule has 0 amide bonds. The Labute approximate surface area is 821 Å². The number of nitrogens with zero attached hydrogens (tertiary/aromatic N) is 5. The number of aliphatic hydroxyl groups excluding tert-OH is 2. The van der Waals surface area contributed by atoms with Crippen LogP contribution in [0.25, 0.3) is 0 Å². The molecular weight excluding hydrogens is 2130 g/mol. The third-order valence-electron chi connectivity index (χ3n) is 14.8. The molecule has 6 aromatic carbocycles. The van der Waals surface area contributed by atoms with Gasteiger partial charge >= 0.3 is 59.0 Å². The van der Waals surface area contributed by atoms with E-state index in [1.165, 1.54) is 56.4 Å². The molecule has 0 unspecified atom stereocenters.